The number of carbonyl (C=O) groups is 1. The monoisotopic (exact) mass is 324 g/mol. The first-order chi connectivity index (χ1) is 11.2. The lowest BCUT2D eigenvalue weighted by molar-refractivity contribution is -0.131. The first-order valence-corrected chi connectivity index (χ1v) is 7.65. The van der Waals surface area contributed by atoms with Crippen LogP contribution in [0.1, 0.15) is 12.8 Å². The summed E-state index contributed by atoms with van der Waals surface area (Å²) in [5.74, 6) is 1.80. The molecule has 23 heavy (non-hydrogen) atoms. The molecule has 1 aromatic carbocycles. The number of hydrogen-bond donors (Lipinski definition) is 2. The molecule has 0 unspecified atom stereocenters. The van der Waals surface area contributed by atoms with Crippen molar-refractivity contribution in [1.29, 1.82) is 0 Å². The third-order valence-electron chi connectivity index (χ3n) is 3.66. The Morgan fingerprint density at radius 1 is 1.22 bits per heavy atom. The largest absolute Gasteiger partial charge is 0.496 e. The van der Waals surface area contributed by atoms with Gasteiger partial charge in [-0.05, 0) is 12.8 Å². The van der Waals surface area contributed by atoms with Gasteiger partial charge in [0, 0.05) is 24.7 Å². The summed E-state index contributed by atoms with van der Waals surface area (Å²) in [6.07, 6.45) is 1.13. The van der Waals surface area contributed by atoms with E-state index >= 15 is 0 Å². The van der Waals surface area contributed by atoms with Gasteiger partial charge in [-0.2, -0.15) is 0 Å². The van der Waals surface area contributed by atoms with Gasteiger partial charge in [-0.1, -0.05) is 0 Å². The second-order valence-electron chi connectivity index (χ2n) is 5.25. The Labute approximate surface area is 136 Å². The van der Waals surface area contributed by atoms with E-state index in [1.165, 1.54) is 0 Å². The lowest BCUT2D eigenvalue weighted by Crippen LogP contribution is -2.37. The third kappa shape index (κ3) is 5.01. The fourth-order valence-electron chi connectivity index (χ4n) is 2.39. The van der Waals surface area contributed by atoms with Crippen LogP contribution in [0.5, 0.6) is 17.2 Å². The highest BCUT2D eigenvalue weighted by Crippen LogP contribution is 2.27. The molecule has 1 aliphatic rings. The van der Waals surface area contributed by atoms with Crippen LogP contribution in [0.3, 0.4) is 0 Å². The summed E-state index contributed by atoms with van der Waals surface area (Å²) in [6, 6.07) is 5.28. The Bertz CT molecular complexity index is 501. The molecule has 128 valence electrons. The Hall–Kier alpha value is -1.99. The van der Waals surface area contributed by atoms with Gasteiger partial charge in [-0.25, -0.2) is 0 Å². The maximum absolute atomic E-state index is 11.9. The average Bonchev–Trinajstić information content (AvgIpc) is 3.07. The van der Waals surface area contributed by atoms with Crippen LogP contribution >= 0.6 is 0 Å². The van der Waals surface area contributed by atoms with Crippen molar-refractivity contribution in [2.75, 3.05) is 33.9 Å². The van der Waals surface area contributed by atoms with Crippen molar-refractivity contribution < 1.29 is 23.7 Å². The summed E-state index contributed by atoms with van der Waals surface area (Å²) in [5.41, 5.74) is 5.53. The molecule has 2 atom stereocenters. The molecule has 3 N–H and O–H groups in total. The SMILES string of the molecule is COc1cc(OC)cc(OCCNC(=O)[C@@H]2CC[C@H](CN)O2)c1. The molecule has 0 radical (unpaired) electrons. The zero-order valence-electron chi connectivity index (χ0n) is 13.5. The molecule has 7 nitrogen and oxygen atoms in total. The first kappa shape index (κ1) is 17.4. The van der Waals surface area contributed by atoms with Crippen molar-refractivity contribution in [3.8, 4) is 17.2 Å². The molecule has 1 aromatic rings. The van der Waals surface area contributed by atoms with Gasteiger partial charge in [0.2, 0.25) is 5.91 Å². The lowest BCUT2D eigenvalue weighted by atomic mass is 10.2. The van der Waals surface area contributed by atoms with Crippen LogP contribution in [0.15, 0.2) is 18.2 Å². The van der Waals surface area contributed by atoms with E-state index in [0.717, 1.165) is 6.42 Å². The number of benzene rings is 1. The molecular weight excluding hydrogens is 300 g/mol. The van der Waals surface area contributed by atoms with Gasteiger partial charge in [-0.15, -0.1) is 0 Å². The zero-order valence-corrected chi connectivity index (χ0v) is 13.5. The van der Waals surface area contributed by atoms with E-state index in [2.05, 4.69) is 5.32 Å². The van der Waals surface area contributed by atoms with E-state index in [4.69, 9.17) is 24.7 Å². The fraction of sp³-hybridized carbons (Fsp3) is 0.562. The van der Waals surface area contributed by atoms with Gasteiger partial charge in [0.15, 0.2) is 0 Å². The summed E-state index contributed by atoms with van der Waals surface area (Å²) in [6.45, 7) is 1.19. The van der Waals surface area contributed by atoms with Crippen molar-refractivity contribution in [2.45, 2.75) is 25.0 Å². The molecule has 0 aromatic heterocycles. The van der Waals surface area contributed by atoms with E-state index in [9.17, 15) is 4.79 Å². The maximum Gasteiger partial charge on any atom is 0.249 e. The number of ether oxygens (including phenoxy) is 4. The summed E-state index contributed by atoms with van der Waals surface area (Å²) in [5, 5.41) is 2.80. The number of nitrogens with two attached hydrogens (primary N) is 1. The van der Waals surface area contributed by atoms with Crippen molar-refractivity contribution in [2.24, 2.45) is 5.73 Å². The summed E-state index contributed by atoms with van der Waals surface area (Å²) in [4.78, 5) is 11.9. The van der Waals surface area contributed by atoms with E-state index in [1.54, 1.807) is 32.4 Å². The molecule has 1 aliphatic heterocycles. The second-order valence-corrected chi connectivity index (χ2v) is 5.25. The fourth-order valence-corrected chi connectivity index (χ4v) is 2.39. The van der Waals surface area contributed by atoms with Crippen molar-refractivity contribution in [3.05, 3.63) is 18.2 Å². The average molecular weight is 324 g/mol. The van der Waals surface area contributed by atoms with Crippen molar-refractivity contribution in [3.63, 3.8) is 0 Å². The van der Waals surface area contributed by atoms with E-state index in [0.29, 0.717) is 43.4 Å². The lowest BCUT2D eigenvalue weighted by Gasteiger charge is -2.13. The molecule has 0 saturated carbocycles. The van der Waals surface area contributed by atoms with Crippen molar-refractivity contribution in [1.82, 2.24) is 5.32 Å². The van der Waals surface area contributed by atoms with Gasteiger partial charge < -0.3 is 30.0 Å². The molecule has 0 aliphatic carbocycles. The Kier molecular flexibility index (Phi) is 6.49. The van der Waals surface area contributed by atoms with E-state index in [-0.39, 0.29) is 12.0 Å². The molecule has 2 rings (SSSR count). The van der Waals surface area contributed by atoms with E-state index < -0.39 is 6.10 Å². The maximum atomic E-state index is 11.9. The summed E-state index contributed by atoms with van der Waals surface area (Å²) in [7, 11) is 3.16. The van der Waals surface area contributed by atoms with E-state index in [1.807, 2.05) is 0 Å². The number of amides is 1. The molecule has 7 heteroatoms. The Balaban J connectivity index is 1.74. The normalized spacial score (nSPS) is 20.1. The number of rotatable bonds is 8. The standard InChI is InChI=1S/C16H24N2O5/c1-20-12-7-13(21-2)9-14(8-12)22-6-5-18-16(19)15-4-3-11(10-17)23-15/h7-9,11,15H,3-6,10,17H2,1-2H3,(H,18,19)/t11-,15+/m1/s1. The molecule has 0 bridgehead atoms. The van der Waals surface area contributed by atoms with Crippen LogP contribution in [0.2, 0.25) is 0 Å². The molecule has 1 heterocycles. The zero-order chi connectivity index (χ0) is 16.7. The summed E-state index contributed by atoms with van der Waals surface area (Å²) >= 11 is 0. The topological polar surface area (TPSA) is 92.0 Å². The number of hydrogen-bond acceptors (Lipinski definition) is 6. The highest BCUT2D eigenvalue weighted by Gasteiger charge is 2.29. The summed E-state index contributed by atoms with van der Waals surface area (Å²) < 4.78 is 21.5. The molecule has 0 spiro atoms. The van der Waals surface area contributed by atoms with Crippen LogP contribution in [0.4, 0.5) is 0 Å². The predicted octanol–water partition coefficient (Wildman–Crippen LogP) is 0.705. The minimum Gasteiger partial charge on any atom is -0.496 e. The number of methoxy groups -OCH3 is 2. The molecule has 1 amide bonds. The van der Waals surface area contributed by atoms with Gasteiger partial charge in [0.1, 0.15) is 30.0 Å². The number of nitrogens with one attached hydrogen (secondary N) is 1. The van der Waals surface area contributed by atoms with Gasteiger partial charge in [0.25, 0.3) is 0 Å². The van der Waals surface area contributed by atoms with Crippen molar-refractivity contribution >= 4 is 5.91 Å². The van der Waals surface area contributed by atoms with Crippen LogP contribution in [0.25, 0.3) is 0 Å². The minimum atomic E-state index is -0.402. The Morgan fingerprint density at radius 3 is 2.43 bits per heavy atom. The van der Waals surface area contributed by atoms with Crippen LogP contribution in [0, 0.1) is 0 Å². The van der Waals surface area contributed by atoms with Crippen LogP contribution in [-0.2, 0) is 9.53 Å². The Morgan fingerprint density at radius 2 is 1.87 bits per heavy atom. The smallest absolute Gasteiger partial charge is 0.249 e. The molecule has 1 saturated heterocycles. The third-order valence-corrected chi connectivity index (χ3v) is 3.66. The first-order valence-electron chi connectivity index (χ1n) is 7.65. The van der Waals surface area contributed by atoms with Crippen LogP contribution < -0.4 is 25.3 Å². The predicted molar refractivity (Wildman–Crippen MR) is 85.0 cm³/mol. The number of carbonyl (C=O) groups excluding carboxylic acids is 1. The second kappa shape index (κ2) is 8.59. The van der Waals surface area contributed by atoms with Gasteiger partial charge >= 0.3 is 0 Å². The minimum absolute atomic E-state index is 0.00810. The molecule has 1 fully saturated rings. The van der Waals surface area contributed by atoms with Crippen LogP contribution in [-0.4, -0.2) is 52.0 Å². The van der Waals surface area contributed by atoms with Gasteiger partial charge in [0.05, 0.1) is 26.9 Å². The highest BCUT2D eigenvalue weighted by atomic mass is 16.5. The molecular formula is C16H24N2O5. The quantitative estimate of drug-likeness (QED) is 0.684. The highest BCUT2D eigenvalue weighted by molar-refractivity contribution is 5.81. The van der Waals surface area contributed by atoms with Gasteiger partial charge in [-0.3, -0.25) is 4.79 Å².